The molecule has 2 aliphatic heterocycles. The van der Waals surface area contributed by atoms with Crippen LogP contribution in [0.2, 0.25) is 0 Å². The number of hydrogen-bond acceptors (Lipinski definition) is 4. The molecule has 1 saturated carbocycles. The van der Waals surface area contributed by atoms with Crippen molar-refractivity contribution in [3.05, 3.63) is 0 Å². The summed E-state index contributed by atoms with van der Waals surface area (Å²) in [5, 5.41) is 14.3. The third-order valence-corrected chi connectivity index (χ3v) is 5.99. The highest BCUT2D eigenvalue weighted by Gasteiger charge is 2.50. The van der Waals surface area contributed by atoms with Crippen LogP contribution in [-0.2, 0) is 14.4 Å². The summed E-state index contributed by atoms with van der Waals surface area (Å²) in [5.41, 5.74) is -1.80. The van der Waals surface area contributed by atoms with Crippen molar-refractivity contribution in [3.63, 3.8) is 0 Å². The number of imide groups is 1. The molecule has 3 aliphatic rings. The van der Waals surface area contributed by atoms with Crippen LogP contribution in [0.5, 0.6) is 0 Å². The molecule has 4 amide bonds. The van der Waals surface area contributed by atoms with Crippen LogP contribution < -0.4 is 10.6 Å². The first-order chi connectivity index (χ1) is 11.3. The van der Waals surface area contributed by atoms with E-state index < -0.39 is 23.0 Å². The molecule has 0 radical (unpaired) electrons. The van der Waals surface area contributed by atoms with Crippen LogP contribution >= 0.6 is 0 Å². The lowest BCUT2D eigenvalue weighted by molar-refractivity contribution is -0.160. The molecule has 0 aromatic carbocycles. The Morgan fingerprint density at radius 1 is 1.25 bits per heavy atom. The van der Waals surface area contributed by atoms with E-state index in [1.165, 1.54) is 0 Å². The van der Waals surface area contributed by atoms with Crippen LogP contribution in [0.3, 0.4) is 0 Å². The smallest absolute Gasteiger partial charge is 0.322 e. The lowest BCUT2D eigenvalue weighted by Gasteiger charge is -2.41. The molecule has 3 N–H and O–H groups in total. The monoisotopic (exact) mass is 337 g/mol. The van der Waals surface area contributed by atoms with Crippen LogP contribution in [0.25, 0.3) is 0 Å². The van der Waals surface area contributed by atoms with Crippen LogP contribution in [0, 0.1) is 11.3 Å². The molecule has 3 rings (SSSR count). The number of amides is 4. The van der Waals surface area contributed by atoms with Gasteiger partial charge in [-0.3, -0.25) is 19.7 Å². The number of aliphatic carboxylic acids is 1. The van der Waals surface area contributed by atoms with Gasteiger partial charge in [0.1, 0.15) is 5.54 Å². The van der Waals surface area contributed by atoms with Crippen molar-refractivity contribution in [2.45, 2.75) is 51.0 Å². The summed E-state index contributed by atoms with van der Waals surface area (Å²) in [4.78, 5) is 48.9. The Kier molecular flexibility index (Phi) is 4.01. The number of rotatable bonds is 4. The van der Waals surface area contributed by atoms with Gasteiger partial charge in [-0.1, -0.05) is 6.42 Å². The average molecular weight is 337 g/mol. The van der Waals surface area contributed by atoms with E-state index in [1.807, 2.05) is 0 Å². The van der Waals surface area contributed by atoms with Crippen molar-refractivity contribution in [3.8, 4) is 0 Å². The maximum Gasteiger partial charge on any atom is 0.322 e. The summed E-state index contributed by atoms with van der Waals surface area (Å²) in [7, 11) is 0. The molecule has 0 aromatic heterocycles. The summed E-state index contributed by atoms with van der Waals surface area (Å²) in [5.74, 6) is -1.36. The number of carboxylic acid groups (broad SMARTS) is 1. The lowest BCUT2D eigenvalue weighted by atomic mass is 9.66. The number of carbonyl (C=O) groups is 4. The van der Waals surface area contributed by atoms with Gasteiger partial charge in [-0.2, -0.15) is 0 Å². The molecule has 1 unspecified atom stereocenters. The SMILES string of the molecule is CC1(C2CCN(C(=O)CC3(C(=O)O)CCC3)CC2)NC(=O)NC1=O. The minimum absolute atomic E-state index is 0.0369. The molecular formula is C16H23N3O5. The molecule has 8 heteroatoms. The summed E-state index contributed by atoms with van der Waals surface area (Å²) in [6, 6.07) is -0.477. The zero-order valence-electron chi connectivity index (χ0n) is 13.8. The van der Waals surface area contributed by atoms with Gasteiger partial charge >= 0.3 is 12.0 Å². The fourth-order valence-corrected chi connectivity index (χ4v) is 4.02. The van der Waals surface area contributed by atoms with Crippen LogP contribution in [-0.4, -0.2) is 52.4 Å². The number of nitrogens with zero attached hydrogens (tertiary/aromatic N) is 1. The Morgan fingerprint density at radius 2 is 1.88 bits per heavy atom. The first kappa shape index (κ1) is 16.7. The standard InChI is InChI=1S/C16H23N3O5/c1-15(12(21)17-14(24)18-15)10-3-7-19(8-4-10)11(20)9-16(13(22)23)5-2-6-16/h10H,2-9H2,1H3,(H,22,23)(H2,17,18,21,24). The predicted molar refractivity (Wildman–Crippen MR) is 82.9 cm³/mol. The van der Waals surface area contributed by atoms with Crippen LogP contribution in [0.4, 0.5) is 4.79 Å². The second-order valence-corrected chi connectivity index (χ2v) is 7.38. The lowest BCUT2D eigenvalue weighted by Crippen LogP contribution is -2.54. The maximum absolute atomic E-state index is 12.4. The summed E-state index contributed by atoms with van der Waals surface area (Å²) in [6.45, 7) is 2.68. The highest BCUT2D eigenvalue weighted by Crippen LogP contribution is 2.44. The highest BCUT2D eigenvalue weighted by atomic mass is 16.4. The minimum atomic E-state index is -0.928. The summed E-state index contributed by atoms with van der Waals surface area (Å²) in [6.07, 6.45) is 3.26. The van der Waals surface area contributed by atoms with E-state index in [-0.39, 0.29) is 24.2 Å². The second kappa shape index (κ2) is 5.75. The molecule has 0 spiro atoms. The third-order valence-electron chi connectivity index (χ3n) is 5.99. The number of carboxylic acids is 1. The maximum atomic E-state index is 12.4. The fraction of sp³-hybridized carbons (Fsp3) is 0.750. The quantitative estimate of drug-likeness (QED) is 0.645. The minimum Gasteiger partial charge on any atom is -0.481 e. The topological polar surface area (TPSA) is 116 Å². The van der Waals surface area contributed by atoms with Crippen molar-refractivity contribution in [2.75, 3.05) is 13.1 Å². The first-order valence-electron chi connectivity index (χ1n) is 8.42. The van der Waals surface area contributed by atoms with Gasteiger partial charge in [0.15, 0.2) is 0 Å². The zero-order chi connectivity index (χ0) is 17.5. The van der Waals surface area contributed by atoms with Gasteiger partial charge < -0.3 is 15.3 Å². The van der Waals surface area contributed by atoms with E-state index >= 15 is 0 Å². The molecule has 2 saturated heterocycles. The van der Waals surface area contributed by atoms with Gasteiger partial charge in [0.25, 0.3) is 5.91 Å². The van der Waals surface area contributed by atoms with Gasteiger partial charge in [0.2, 0.25) is 5.91 Å². The Balaban J connectivity index is 1.57. The Hall–Kier alpha value is -2.12. The van der Waals surface area contributed by atoms with Crippen molar-refractivity contribution in [2.24, 2.45) is 11.3 Å². The molecule has 2 heterocycles. The number of hydrogen-bond donors (Lipinski definition) is 3. The normalized spacial score (nSPS) is 29.6. The Morgan fingerprint density at radius 3 is 2.29 bits per heavy atom. The van der Waals surface area contributed by atoms with Crippen molar-refractivity contribution in [1.82, 2.24) is 15.5 Å². The third kappa shape index (κ3) is 2.63. The molecule has 132 valence electrons. The molecule has 3 fully saturated rings. The van der Waals surface area contributed by atoms with Crippen LogP contribution in [0.1, 0.15) is 45.4 Å². The Bertz CT molecular complexity index is 593. The van der Waals surface area contributed by atoms with E-state index in [4.69, 9.17) is 0 Å². The average Bonchev–Trinajstić information content (AvgIpc) is 2.76. The summed E-state index contributed by atoms with van der Waals surface area (Å²) < 4.78 is 0. The van der Waals surface area contributed by atoms with Crippen molar-refractivity contribution >= 4 is 23.8 Å². The second-order valence-electron chi connectivity index (χ2n) is 7.38. The van der Waals surface area contributed by atoms with Crippen LogP contribution in [0.15, 0.2) is 0 Å². The van der Waals surface area contributed by atoms with E-state index in [9.17, 15) is 24.3 Å². The van der Waals surface area contributed by atoms with E-state index in [2.05, 4.69) is 10.6 Å². The molecular weight excluding hydrogens is 314 g/mol. The molecule has 24 heavy (non-hydrogen) atoms. The first-order valence-corrected chi connectivity index (χ1v) is 8.42. The van der Waals surface area contributed by atoms with Crippen molar-refractivity contribution < 1.29 is 24.3 Å². The van der Waals surface area contributed by atoms with Gasteiger partial charge in [0, 0.05) is 19.5 Å². The van der Waals surface area contributed by atoms with E-state index in [0.29, 0.717) is 38.8 Å². The van der Waals surface area contributed by atoms with Gasteiger partial charge in [0.05, 0.1) is 5.41 Å². The van der Waals surface area contributed by atoms with E-state index in [0.717, 1.165) is 6.42 Å². The fourth-order valence-electron chi connectivity index (χ4n) is 4.02. The Labute approximate surface area is 139 Å². The van der Waals surface area contributed by atoms with Gasteiger partial charge in [-0.15, -0.1) is 0 Å². The number of likely N-dealkylation sites (tertiary alicyclic amines) is 1. The van der Waals surface area contributed by atoms with Gasteiger partial charge in [-0.25, -0.2) is 4.79 Å². The largest absolute Gasteiger partial charge is 0.481 e. The number of nitrogens with one attached hydrogen (secondary N) is 2. The molecule has 8 nitrogen and oxygen atoms in total. The molecule has 1 atom stereocenters. The van der Waals surface area contributed by atoms with Gasteiger partial charge in [-0.05, 0) is 38.5 Å². The highest BCUT2D eigenvalue weighted by molar-refractivity contribution is 6.07. The predicted octanol–water partition coefficient (Wildman–Crippen LogP) is 0.468. The molecule has 0 bridgehead atoms. The number of piperidine rings is 1. The molecule has 0 aromatic rings. The summed E-state index contributed by atoms with van der Waals surface area (Å²) >= 11 is 0. The molecule has 1 aliphatic carbocycles. The zero-order valence-corrected chi connectivity index (χ0v) is 13.8. The van der Waals surface area contributed by atoms with Crippen molar-refractivity contribution in [1.29, 1.82) is 0 Å². The number of urea groups is 1. The van der Waals surface area contributed by atoms with E-state index in [1.54, 1.807) is 11.8 Å². The number of carbonyl (C=O) groups excluding carboxylic acids is 3.